The molecule has 0 bridgehead atoms. The van der Waals surface area contributed by atoms with Crippen molar-refractivity contribution in [3.05, 3.63) is 28.5 Å². The van der Waals surface area contributed by atoms with Gasteiger partial charge in [0.15, 0.2) is 6.29 Å². The number of aldehydes is 1. The summed E-state index contributed by atoms with van der Waals surface area (Å²) in [5, 5.41) is 2.47. The van der Waals surface area contributed by atoms with Gasteiger partial charge in [0.1, 0.15) is 5.82 Å². The van der Waals surface area contributed by atoms with Crippen molar-refractivity contribution in [2.45, 2.75) is 6.92 Å². The maximum absolute atomic E-state index is 13.0. The van der Waals surface area contributed by atoms with Gasteiger partial charge in [0.2, 0.25) is 5.91 Å². The number of hydrogen-bond acceptors (Lipinski definition) is 2. The molecule has 5 heteroatoms. The van der Waals surface area contributed by atoms with Crippen LogP contribution < -0.4 is 5.32 Å². The van der Waals surface area contributed by atoms with Crippen LogP contribution in [0, 0.1) is 5.82 Å². The van der Waals surface area contributed by atoms with E-state index < -0.39 is 5.82 Å². The van der Waals surface area contributed by atoms with Crippen molar-refractivity contribution in [1.29, 1.82) is 0 Å². The van der Waals surface area contributed by atoms with Crippen LogP contribution in [0.3, 0.4) is 0 Å². The Kier molecular flexibility index (Phi) is 3.19. The second-order valence-electron chi connectivity index (χ2n) is 2.65. The molecule has 1 aromatic rings. The number of carbonyl (C=O) groups excluding carboxylic acids is 2. The van der Waals surface area contributed by atoms with E-state index in [0.717, 1.165) is 12.1 Å². The average molecular weight is 216 g/mol. The normalized spacial score (nSPS) is 9.64. The van der Waals surface area contributed by atoms with Crippen molar-refractivity contribution in [3.63, 3.8) is 0 Å². The molecular weight excluding hydrogens is 209 g/mol. The highest BCUT2D eigenvalue weighted by Crippen LogP contribution is 2.24. The van der Waals surface area contributed by atoms with Crippen LogP contribution in [0.1, 0.15) is 17.3 Å². The molecule has 14 heavy (non-hydrogen) atoms. The fourth-order valence-electron chi connectivity index (χ4n) is 0.938. The topological polar surface area (TPSA) is 46.2 Å². The van der Waals surface area contributed by atoms with Crippen molar-refractivity contribution in [1.82, 2.24) is 0 Å². The number of anilines is 1. The average Bonchev–Trinajstić information content (AvgIpc) is 2.10. The van der Waals surface area contributed by atoms with Crippen molar-refractivity contribution >= 4 is 29.5 Å². The van der Waals surface area contributed by atoms with Gasteiger partial charge < -0.3 is 5.32 Å². The number of halogens is 2. The molecule has 0 aliphatic rings. The monoisotopic (exact) mass is 215 g/mol. The minimum absolute atomic E-state index is 0.128. The van der Waals surface area contributed by atoms with Gasteiger partial charge in [0, 0.05) is 6.92 Å². The molecule has 0 spiro atoms. The van der Waals surface area contributed by atoms with Crippen molar-refractivity contribution in [3.8, 4) is 0 Å². The van der Waals surface area contributed by atoms with Crippen LogP contribution in [-0.2, 0) is 4.79 Å². The first-order valence-electron chi connectivity index (χ1n) is 3.76. The molecular formula is C9H7ClFNO2. The van der Waals surface area contributed by atoms with E-state index in [0.29, 0.717) is 6.29 Å². The Morgan fingerprint density at radius 1 is 1.57 bits per heavy atom. The summed E-state index contributed by atoms with van der Waals surface area (Å²) in [6, 6.07) is 2.17. The third-order valence-corrected chi connectivity index (χ3v) is 1.84. The van der Waals surface area contributed by atoms with Gasteiger partial charge >= 0.3 is 0 Å². The molecule has 0 aliphatic carbocycles. The summed E-state index contributed by atoms with van der Waals surface area (Å²) in [5.74, 6) is -1.07. The van der Waals surface area contributed by atoms with Crippen LogP contribution in [0.5, 0.6) is 0 Å². The molecule has 0 aromatic heterocycles. The van der Waals surface area contributed by atoms with Crippen molar-refractivity contribution in [2.75, 3.05) is 5.32 Å². The fourth-order valence-corrected chi connectivity index (χ4v) is 1.16. The second kappa shape index (κ2) is 4.19. The first-order valence-corrected chi connectivity index (χ1v) is 4.14. The number of nitrogens with one attached hydrogen (secondary N) is 1. The van der Waals surface area contributed by atoms with Crippen LogP contribution >= 0.6 is 11.6 Å². The van der Waals surface area contributed by atoms with E-state index in [4.69, 9.17) is 11.6 Å². The van der Waals surface area contributed by atoms with Crippen LogP contribution in [0.4, 0.5) is 10.1 Å². The highest BCUT2D eigenvalue weighted by Gasteiger charge is 2.08. The number of rotatable bonds is 2. The summed E-state index contributed by atoms with van der Waals surface area (Å²) < 4.78 is 13.0. The predicted molar refractivity (Wildman–Crippen MR) is 51.1 cm³/mol. The van der Waals surface area contributed by atoms with E-state index in [1.54, 1.807) is 0 Å². The zero-order chi connectivity index (χ0) is 10.7. The largest absolute Gasteiger partial charge is 0.325 e. The highest BCUT2D eigenvalue weighted by molar-refractivity contribution is 6.34. The van der Waals surface area contributed by atoms with Gasteiger partial charge in [0.25, 0.3) is 0 Å². The van der Waals surface area contributed by atoms with Crippen LogP contribution in [-0.4, -0.2) is 12.2 Å². The van der Waals surface area contributed by atoms with Gasteiger partial charge in [-0.15, -0.1) is 0 Å². The summed E-state index contributed by atoms with van der Waals surface area (Å²) in [6.45, 7) is 1.28. The van der Waals surface area contributed by atoms with Gasteiger partial charge in [-0.25, -0.2) is 4.39 Å². The van der Waals surface area contributed by atoms with E-state index >= 15 is 0 Å². The molecule has 3 nitrogen and oxygen atoms in total. The van der Waals surface area contributed by atoms with Crippen molar-refractivity contribution in [2.24, 2.45) is 0 Å². The molecule has 0 saturated heterocycles. The Labute approximate surface area is 84.9 Å². The molecule has 1 amide bonds. The van der Waals surface area contributed by atoms with Crippen LogP contribution in [0.2, 0.25) is 5.02 Å². The van der Waals surface area contributed by atoms with Crippen LogP contribution in [0.15, 0.2) is 12.1 Å². The van der Waals surface area contributed by atoms with Gasteiger partial charge in [-0.1, -0.05) is 11.6 Å². The smallest absolute Gasteiger partial charge is 0.221 e. The fraction of sp³-hybridized carbons (Fsp3) is 0.111. The lowest BCUT2D eigenvalue weighted by molar-refractivity contribution is -0.114. The summed E-state index contributed by atoms with van der Waals surface area (Å²) in [7, 11) is 0. The SMILES string of the molecule is CC(=O)Nc1cc(F)c(C=O)cc1Cl. The maximum Gasteiger partial charge on any atom is 0.221 e. The van der Waals surface area contributed by atoms with Gasteiger partial charge in [-0.05, 0) is 12.1 Å². The molecule has 1 aromatic carbocycles. The Bertz CT molecular complexity index is 393. The quantitative estimate of drug-likeness (QED) is 0.770. The Hall–Kier alpha value is -1.42. The minimum Gasteiger partial charge on any atom is -0.325 e. The lowest BCUT2D eigenvalue weighted by atomic mass is 10.2. The van der Waals surface area contributed by atoms with Gasteiger partial charge in [-0.2, -0.15) is 0 Å². The highest BCUT2D eigenvalue weighted by atomic mass is 35.5. The molecule has 0 atom stereocenters. The Morgan fingerprint density at radius 2 is 2.21 bits per heavy atom. The van der Waals surface area contributed by atoms with Gasteiger partial charge in [0.05, 0.1) is 16.3 Å². The molecule has 0 saturated carbocycles. The van der Waals surface area contributed by atoms with E-state index in [2.05, 4.69) is 5.32 Å². The maximum atomic E-state index is 13.0. The molecule has 1 N–H and O–H groups in total. The summed E-state index contributed by atoms with van der Waals surface area (Å²) in [6.07, 6.45) is 0.360. The number of carbonyl (C=O) groups is 2. The summed E-state index contributed by atoms with van der Waals surface area (Å²) in [5.41, 5.74) is 0.0198. The summed E-state index contributed by atoms with van der Waals surface area (Å²) in [4.78, 5) is 21.0. The van der Waals surface area contributed by atoms with E-state index in [1.165, 1.54) is 6.92 Å². The van der Waals surface area contributed by atoms with E-state index in [-0.39, 0.29) is 22.2 Å². The lowest BCUT2D eigenvalue weighted by Gasteiger charge is -2.05. The second-order valence-corrected chi connectivity index (χ2v) is 3.06. The third kappa shape index (κ3) is 2.29. The number of benzene rings is 1. The Balaban J connectivity index is 3.14. The van der Waals surface area contributed by atoms with Gasteiger partial charge in [-0.3, -0.25) is 9.59 Å². The number of hydrogen-bond donors (Lipinski definition) is 1. The molecule has 0 fully saturated rings. The van der Waals surface area contributed by atoms with E-state index in [1.807, 2.05) is 0 Å². The standard InChI is InChI=1S/C9H7ClFNO2/c1-5(14)12-9-3-8(11)6(4-13)2-7(9)10/h2-4H,1H3,(H,12,14). The molecule has 0 radical (unpaired) electrons. The first-order chi connectivity index (χ1) is 6.54. The summed E-state index contributed by atoms with van der Waals surface area (Å²) >= 11 is 5.68. The molecule has 1 rings (SSSR count). The lowest BCUT2D eigenvalue weighted by Crippen LogP contribution is -2.07. The molecule has 0 aliphatic heterocycles. The van der Waals surface area contributed by atoms with Crippen LogP contribution in [0.25, 0.3) is 0 Å². The van der Waals surface area contributed by atoms with Crippen molar-refractivity contribution < 1.29 is 14.0 Å². The third-order valence-electron chi connectivity index (χ3n) is 1.52. The predicted octanol–water partition coefficient (Wildman–Crippen LogP) is 2.25. The first kappa shape index (κ1) is 10.7. The zero-order valence-electron chi connectivity index (χ0n) is 7.30. The molecule has 0 unspecified atom stereocenters. The Morgan fingerprint density at radius 3 is 2.71 bits per heavy atom. The van der Waals surface area contributed by atoms with E-state index in [9.17, 15) is 14.0 Å². The molecule has 74 valence electrons. The molecule has 0 heterocycles. The number of amides is 1. The zero-order valence-corrected chi connectivity index (χ0v) is 8.06. The minimum atomic E-state index is -0.715.